The highest BCUT2D eigenvalue weighted by molar-refractivity contribution is 5.92. The van der Waals surface area contributed by atoms with Crippen molar-refractivity contribution in [1.82, 2.24) is 19.9 Å². The number of aliphatic hydroxyl groups is 1. The third-order valence-corrected chi connectivity index (χ3v) is 4.23. The Bertz CT molecular complexity index is 695. The van der Waals surface area contributed by atoms with Gasteiger partial charge < -0.3 is 10.0 Å². The molecule has 1 aromatic heterocycles. The van der Waals surface area contributed by atoms with E-state index in [0.29, 0.717) is 18.7 Å². The minimum absolute atomic E-state index is 0.0895. The molecule has 0 bridgehead atoms. The van der Waals surface area contributed by atoms with Gasteiger partial charge in [-0.2, -0.15) is 0 Å². The van der Waals surface area contributed by atoms with Crippen molar-refractivity contribution in [2.45, 2.75) is 45.3 Å². The maximum Gasteiger partial charge on any atom is 0.276 e. The lowest BCUT2D eigenvalue weighted by molar-refractivity contribution is 0.0676. The zero-order chi connectivity index (χ0) is 16.4. The first-order valence-electron chi connectivity index (χ1n) is 8.03. The summed E-state index contributed by atoms with van der Waals surface area (Å²) in [6.45, 7) is 4.49. The highest BCUT2D eigenvalue weighted by atomic mass is 16.3. The Morgan fingerprint density at radius 3 is 3.04 bits per heavy atom. The Labute approximate surface area is 135 Å². The lowest BCUT2D eigenvalue weighted by Gasteiger charge is -2.24. The molecule has 1 N–H and O–H groups in total. The van der Waals surface area contributed by atoms with Crippen LogP contribution >= 0.6 is 0 Å². The molecule has 6 nitrogen and oxygen atoms in total. The van der Waals surface area contributed by atoms with E-state index in [1.165, 1.54) is 0 Å². The zero-order valence-electron chi connectivity index (χ0n) is 13.5. The Balaban J connectivity index is 1.78. The van der Waals surface area contributed by atoms with Gasteiger partial charge in [-0.15, -0.1) is 5.10 Å². The van der Waals surface area contributed by atoms with Crippen molar-refractivity contribution in [1.29, 1.82) is 0 Å². The molecule has 0 saturated carbocycles. The number of benzene rings is 1. The van der Waals surface area contributed by atoms with Gasteiger partial charge in [-0.1, -0.05) is 17.3 Å². The van der Waals surface area contributed by atoms with Crippen molar-refractivity contribution in [2.75, 3.05) is 6.54 Å². The quantitative estimate of drug-likeness (QED) is 0.936. The largest absolute Gasteiger partial charge is 0.393 e. The highest BCUT2D eigenvalue weighted by Gasteiger charge is 2.31. The molecule has 6 heteroatoms. The number of likely N-dealkylation sites (tertiary alicyclic amines) is 1. The van der Waals surface area contributed by atoms with Crippen LogP contribution < -0.4 is 0 Å². The first kappa shape index (κ1) is 15.7. The van der Waals surface area contributed by atoms with Crippen LogP contribution in [0.15, 0.2) is 30.5 Å². The predicted octanol–water partition coefficient (Wildman–Crippen LogP) is 1.95. The number of aliphatic hydroxyl groups excluding tert-OH is 1. The molecule has 2 unspecified atom stereocenters. The highest BCUT2D eigenvalue weighted by Crippen LogP contribution is 2.23. The minimum Gasteiger partial charge on any atom is -0.393 e. The molecule has 0 spiro atoms. The third kappa shape index (κ3) is 3.42. The fourth-order valence-corrected chi connectivity index (χ4v) is 3.15. The molecular weight excluding hydrogens is 292 g/mol. The summed E-state index contributed by atoms with van der Waals surface area (Å²) in [5.41, 5.74) is 2.37. The second-order valence-corrected chi connectivity index (χ2v) is 6.27. The van der Waals surface area contributed by atoms with Crippen LogP contribution in [0.5, 0.6) is 0 Å². The Morgan fingerprint density at radius 2 is 2.30 bits per heavy atom. The molecular formula is C17H22N4O2. The van der Waals surface area contributed by atoms with E-state index in [2.05, 4.69) is 10.3 Å². The van der Waals surface area contributed by atoms with Gasteiger partial charge in [0.15, 0.2) is 5.69 Å². The summed E-state index contributed by atoms with van der Waals surface area (Å²) < 4.78 is 1.62. The van der Waals surface area contributed by atoms with Gasteiger partial charge in [-0.25, -0.2) is 4.68 Å². The average molecular weight is 314 g/mol. The van der Waals surface area contributed by atoms with Gasteiger partial charge in [0.05, 0.1) is 18.0 Å². The number of nitrogens with zero attached hydrogens (tertiary/aromatic N) is 4. The number of carbonyl (C=O) groups is 1. The van der Waals surface area contributed by atoms with Crippen molar-refractivity contribution in [2.24, 2.45) is 0 Å². The van der Waals surface area contributed by atoms with Crippen LogP contribution in [0.3, 0.4) is 0 Å². The summed E-state index contributed by atoms with van der Waals surface area (Å²) >= 11 is 0. The van der Waals surface area contributed by atoms with Gasteiger partial charge >= 0.3 is 0 Å². The SMILES string of the molecule is Cc1cccc(-n2cc(C(=O)N3CCCC3CC(C)O)nn2)c1. The molecule has 1 amide bonds. The molecule has 0 radical (unpaired) electrons. The first-order chi connectivity index (χ1) is 11.0. The van der Waals surface area contributed by atoms with Gasteiger partial charge in [0, 0.05) is 12.6 Å². The van der Waals surface area contributed by atoms with Gasteiger partial charge in [-0.05, 0) is 50.8 Å². The smallest absolute Gasteiger partial charge is 0.276 e. The molecule has 122 valence electrons. The number of aromatic nitrogens is 3. The van der Waals surface area contributed by atoms with E-state index in [0.717, 1.165) is 24.1 Å². The van der Waals surface area contributed by atoms with Gasteiger partial charge in [0.2, 0.25) is 0 Å². The van der Waals surface area contributed by atoms with Gasteiger partial charge in [0.25, 0.3) is 5.91 Å². The third-order valence-electron chi connectivity index (χ3n) is 4.23. The van der Waals surface area contributed by atoms with E-state index in [-0.39, 0.29) is 11.9 Å². The maximum atomic E-state index is 12.7. The molecule has 1 fully saturated rings. The minimum atomic E-state index is -0.406. The van der Waals surface area contributed by atoms with Gasteiger partial charge in [-0.3, -0.25) is 4.79 Å². The summed E-state index contributed by atoms with van der Waals surface area (Å²) in [5.74, 6) is -0.105. The number of hydrogen-bond acceptors (Lipinski definition) is 4. The lowest BCUT2D eigenvalue weighted by Crippen LogP contribution is -2.37. The summed E-state index contributed by atoms with van der Waals surface area (Å²) in [4.78, 5) is 14.5. The fourth-order valence-electron chi connectivity index (χ4n) is 3.15. The van der Waals surface area contributed by atoms with Gasteiger partial charge in [0.1, 0.15) is 0 Å². The molecule has 2 atom stereocenters. The number of aryl methyl sites for hydroxylation is 1. The maximum absolute atomic E-state index is 12.7. The topological polar surface area (TPSA) is 71.2 Å². The van der Waals surface area contributed by atoms with E-state index >= 15 is 0 Å². The van der Waals surface area contributed by atoms with Crippen LogP contribution in [-0.4, -0.2) is 49.6 Å². The molecule has 1 saturated heterocycles. The molecule has 1 aliphatic rings. The van der Waals surface area contributed by atoms with Crippen LogP contribution in [0.1, 0.15) is 42.2 Å². The van der Waals surface area contributed by atoms with Crippen LogP contribution in [-0.2, 0) is 0 Å². The van der Waals surface area contributed by atoms with Crippen LogP contribution in [0.2, 0.25) is 0 Å². The molecule has 2 heterocycles. The van der Waals surface area contributed by atoms with Crippen molar-refractivity contribution < 1.29 is 9.90 Å². The fraction of sp³-hybridized carbons (Fsp3) is 0.471. The first-order valence-corrected chi connectivity index (χ1v) is 8.03. The van der Waals surface area contributed by atoms with Crippen molar-refractivity contribution >= 4 is 5.91 Å². The summed E-state index contributed by atoms with van der Waals surface area (Å²) in [6, 6.07) is 7.98. The number of rotatable bonds is 4. The summed E-state index contributed by atoms with van der Waals surface area (Å²) in [5, 5.41) is 17.7. The van der Waals surface area contributed by atoms with Crippen molar-refractivity contribution in [3.05, 3.63) is 41.7 Å². The second-order valence-electron chi connectivity index (χ2n) is 6.27. The van der Waals surface area contributed by atoms with E-state index in [4.69, 9.17) is 0 Å². The zero-order valence-corrected chi connectivity index (χ0v) is 13.5. The summed E-state index contributed by atoms with van der Waals surface area (Å²) in [6.07, 6.45) is 3.78. The average Bonchev–Trinajstić information content (AvgIpc) is 3.15. The Hall–Kier alpha value is -2.21. The lowest BCUT2D eigenvalue weighted by atomic mass is 10.1. The molecule has 23 heavy (non-hydrogen) atoms. The van der Waals surface area contributed by atoms with Crippen LogP contribution in [0.25, 0.3) is 5.69 Å². The Kier molecular flexibility index (Phi) is 4.43. The molecule has 0 aliphatic carbocycles. The van der Waals surface area contributed by atoms with E-state index in [1.54, 1.807) is 17.8 Å². The van der Waals surface area contributed by atoms with Crippen LogP contribution in [0, 0.1) is 6.92 Å². The van der Waals surface area contributed by atoms with E-state index in [9.17, 15) is 9.90 Å². The summed E-state index contributed by atoms with van der Waals surface area (Å²) in [7, 11) is 0. The number of carbonyl (C=O) groups excluding carboxylic acids is 1. The van der Waals surface area contributed by atoms with E-state index < -0.39 is 6.10 Å². The standard InChI is InChI=1S/C17H22N4O2/c1-12-5-3-6-15(9-12)21-11-16(18-19-21)17(23)20-8-4-7-14(20)10-13(2)22/h3,5-6,9,11,13-14,22H,4,7-8,10H2,1-2H3. The molecule has 2 aromatic rings. The molecule has 3 rings (SSSR count). The van der Waals surface area contributed by atoms with Crippen molar-refractivity contribution in [3.63, 3.8) is 0 Å². The number of hydrogen-bond donors (Lipinski definition) is 1. The van der Waals surface area contributed by atoms with E-state index in [1.807, 2.05) is 36.1 Å². The predicted molar refractivity (Wildman–Crippen MR) is 86.5 cm³/mol. The Morgan fingerprint density at radius 1 is 1.48 bits per heavy atom. The normalized spacial score (nSPS) is 19.1. The second kappa shape index (κ2) is 6.50. The number of amides is 1. The van der Waals surface area contributed by atoms with Crippen LogP contribution in [0.4, 0.5) is 0 Å². The van der Waals surface area contributed by atoms with Crippen molar-refractivity contribution in [3.8, 4) is 5.69 Å². The monoisotopic (exact) mass is 314 g/mol. The molecule has 1 aromatic carbocycles. The molecule has 1 aliphatic heterocycles.